The predicted molar refractivity (Wildman–Crippen MR) is 111 cm³/mol. The second-order valence-electron chi connectivity index (χ2n) is 7.14. The van der Waals surface area contributed by atoms with Crippen molar-refractivity contribution in [3.05, 3.63) is 40.9 Å². The fourth-order valence-corrected chi connectivity index (χ4v) is 3.48. The number of nitrogens with one attached hydrogen (secondary N) is 1. The summed E-state index contributed by atoms with van der Waals surface area (Å²) in [5.74, 6) is -0.307. The maximum absolute atomic E-state index is 12.3. The Kier molecular flexibility index (Phi) is 8.32. The highest BCUT2D eigenvalue weighted by atomic mass is 35.5. The summed E-state index contributed by atoms with van der Waals surface area (Å²) in [6, 6.07) is 8.33. The van der Waals surface area contributed by atoms with Gasteiger partial charge in [-0.3, -0.25) is 9.59 Å². The fraction of sp³-hybridized carbons (Fsp3) is 0.524. The first-order valence-electron chi connectivity index (χ1n) is 9.62. The van der Waals surface area contributed by atoms with Gasteiger partial charge in [-0.25, -0.2) is 0 Å². The van der Waals surface area contributed by atoms with Crippen molar-refractivity contribution in [1.82, 2.24) is 15.1 Å². The van der Waals surface area contributed by atoms with Gasteiger partial charge in [0.2, 0.25) is 11.8 Å². The predicted octanol–water partition coefficient (Wildman–Crippen LogP) is 3.19. The molecule has 2 amide bonds. The molecule has 1 aliphatic heterocycles. The summed E-state index contributed by atoms with van der Waals surface area (Å²) < 4.78 is 0. The van der Waals surface area contributed by atoms with Crippen molar-refractivity contribution in [2.45, 2.75) is 45.2 Å². The Labute approximate surface area is 167 Å². The van der Waals surface area contributed by atoms with Crippen LogP contribution in [-0.2, 0) is 9.59 Å². The lowest BCUT2D eigenvalue weighted by atomic mass is 10.0. The summed E-state index contributed by atoms with van der Waals surface area (Å²) in [5.41, 5.74) is 0.844. The molecule has 1 aromatic rings. The molecule has 1 aromatic carbocycles. The average Bonchev–Trinajstić information content (AvgIpc) is 2.69. The number of hydrogen-bond donors (Lipinski definition) is 1. The number of carbonyl (C=O) groups is 2. The smallest absolute Gasteiger partial charge is 0.244 e. The first kappa shape index (κ1) is 21.5. The van der Waals surface area contributed by atoms with Crippen LogP contribution in [0.1, 0.15) is 38.7 Å². The van der Waals surface area contributed by atoms with Crippen molar-refractivity contribution < 1.29 is 9.59 Å². The van der Waals surface area contributed by atoms with Crippen LogP contribution in [0.15, 0.2) is 30.3 Å². The number of rotatable bonds is 7. The van der Waals surface area contributed by atoms with Crippen LogP contribution in [0.4, 0.5) is 0 Å². The minimum absolute atomic E-state index is 0.0239. The molecule has 148 valence electrons. The van der Waals surface area contributed by atoms with Crippen molar-refractivity contribution in [3.63, 3.8) is 0 Å². The lowest BCUT2D eigenvalue weighted by molar-refractivity contribution is -0.133. The van der Waals surface area contributed by atoms with Gasteiger partial charge in [0, 0.05) is 36.3 Å². The SMILES string of the molecule is CC[C@@H](C)N(C)C1CCN(C(=O)CNC(=O)/C=C/c2cccc(Cl)c2)CC1. The van der Waals surface area contributed by atoms with E-state index in [1.807, 2.05) is 17.0 Å². The number of amides is 2. The van der Waals surface area contributed by atoms with E-state index in [0.29, 0.717) is 17.1 Å². The molecule has 0 saturated carbocycles. The number of likely N-dealkylation sites (tertiary alicyclic amines) is 1. The van der Waals surface area contributed by atoms with Gasteiger partial charge in [-0.2, -0.15) is 0 Å². The van der Waals surface area contributed by atoms with Gasteiger partial charge in [-0.05, 0) is 57.0 Å². The van der Waals surface area contributed by atoms with E-state index in [9.17, 15) is 9.59 Å². The highest BCUT2D eigenvalue weighted by Crippen LogP contribution is 2.18. The number of halogens is 1. The van der Waals surface area contributed by atoms with E-state index in [2.05, 4.69) is 31.1 Å². The topological polar surface area (TPSA) is 52.6 Å². The summed E-state index contributed by atoms with van der Waals surface area (Å²) in [5, 5.41) is 3.29. The molecule has 1 saturated heterocycles. The quantitative estimate of drug-likeness (QED) is 0.726. The van der Waals surface area contributed by atoms with Crippen molar-refractivity contribution >= 4 is 29.5 Å². The second-order valence-corrected chi connectivity index (χ2v) is 7.58. The first-order chi connectivity index (χ1) is 12.9. The van der Waals surface area contributed by atoms with Gasteiger partial charge in [0.25, 0.3) is 0 Å². The number of piperidine rings is 1. The van der Waals surface area contributed by atoms with E-state index in [0.717, 1.165) is 37.9 Å². The zero-order valence-corrected chi connectivity index (χ0v) is 17.2. The van der Waals surface area contributed by atoms with Crippen LogP contribution in [0.3, 0.4) is 0 Å². The number of hydrogen-bond acceptors (Lipinski definition) is 3. The van der Waals surface area contributed by atoms with Crippen LogP contribution in [0.2, 0.25) is 5.02 Å². The van der Waals surface area contributed by atoms with Gasteiger partial charge in [0.1, 0.15) is 0 Å². The van der Waals surface area contributed by atoms with E-state index < -0.39 is 0 Å². The molecule has 2 rings (SSSR count). The van der Waals surface area contributed by atoms with Crippen molar-refractivity contribution in [2.24, 2.45) is 0 Å². The first-order valence-corrected chi connectivity index (χ1v) is 9.99. The standard InChI is InChI=1S/C21H30ClN3O2/c1-4-16(2)24(3)19-10-12-25(13-11-19)21(27)15-23-20(26)9-8-17-6-5-7-18(22)14-17/h5-9,14,16,19H,4,10-13,15H2,1-3H3,(H,23,26)/b9-8+/t16-/m1/s1. The van der Waals surface area contributed by atoms with Crippen LogP contribution < -0.4 is 5.32 Å². The summed E-state index contributed by atoms with van der Waals surface area (Å²) in [7, 11) is 2.17. The molecule has 1 fully saturated rings. The lowest BCUT2D eigenvalue weighted by Crippen LogP contribution is -2.49. The van der Waals surface area contributed by atoms with Crippen LogP contribution in [0.5, 0.6) is 0 Å². The van der Waals surface area contributed by atoms with Gasteiger partial charge in [0.15, 0.2) is 0 Å². The second kappa shape index (κ2) is 10.5. The minimum Gasteiger partial charge on any atom is -0.343 e. The molecule has 0 bridgehead atoms. The van der Waals surface area contributed by atoms with Crippen LogP contribution in [0.25, 0.3) is 6.08 Å². The number of nitrogens with zero attached hydrogens (tertiary/aromatic N) is 2. The molecule has 0 aromatic heterocycles. The normalized spacial score (nSPS) is 16.7. The van der Waals surface area contributed by atoms with Gasteiger partial charge in [-0.15, -0.1) is 0 Å². The highest BCUT2D eigenvalue weighted by molar-refractivity contribution is 6.30. The Morgan fingerprint density at radius 2 is 2.07 bits per heavy atom. The fourth-order valence-electron chi connectivity index (χ4n) is 3.29. The minimum atomic E-state index is -0.283. The molecular formula is C21H30ClN3O2. The number of benzene rings is 1. The largest absolute Gasteiger partial charge is 0.343 e. The molecule has 27 heavy (non-hydrogen) atoms. The molecule has 1 heterocycles. The lowest BCUT2D eigenvalue weighted by Gasteiger charge is -2.39. The Hall–Kier alpha value is -1.85. The van der Waals surface area contributed by atoms with E-state index in [1.54, 1.807) is 18.2 Å². The van der Waals surface area contributed by atoms with E-state index in [1.165, 1.54) is 6.08 Å². The van der Waals surface area contributed by atoms with Crippen molar-refractivity contribution in [1.29, 1.82) is 0 Å². The molecule has 0 aliphatic carbocycles. The third-order valence-electron chi connectivity index (χ3n) is 5.37. The Bertz CT molecular complexity index is 669. The van der Waals surface area contributed by atoms with Gasteiger partial charge >= 0.3 is 0 Å². The molecule has 5 nitrogen and oxygen atoms in total. The summed E-state index contributed by atoms with van der Waals surface area (Å²) in [6.45, 7) is 5.97. The molecule has 1 N–H and O–H groups in total. The third kappa shape index (κ3) is 6.67. The van der Waals surface area contributed by atoms with Crippen LogP contribution in [-0.4, -0.2) is 60.4 Å². The molecular weight excluding hydrogens is 362 g/mol. The Morgan fingerprint density at radius 1 is 1.37 bits per heavy atom. The van der Waals surface area contributed by atoms with Gasteiger partial charge < -0.3 is 15.1 Å². The van der Waals surface area contributed by atoms with E-state index >= 15 is 0 Å². The maximum atomic E-state index is 12.3. The Balaban J connectivity index is 1.74. The van der Waals surface area contributed by atoms with Gasteiger partial charge in [-0.1, -0.05) is 30.7 Å². The maximum Gasteiger partial charge on any atom is 0.244 e. The van der Waals surface area contributed by atoms with Crippen molar-refractivity contribution in [2.75, 3.05) is 26.7 Å². The Morgan fingerprint density at radius 3 is 2.70 bits per heavy atom. The summed E-state index contributed by atoms with van der Waals surface area (Å²) in [4.78, 5) is 28.5. The summed E-state index contributed by atoms with van der Waals surface area (Å²) in [6.07, 6.45) is 6.20. The average molecular weight is 392 g/mol. The van der Waals surface area contributed by atoms with Crippen LogP contribution in [0, 0.1) is 0 Å². The monoisotopic (exact) mass is 391 g/mol. The van der Waals surface area contributed by atoms with E-state index in [4.69, 9.17) is 11.6 Å². The molecule has 6 heteroatoms. The molecule has 0 spiro atoms. The van der Waals surface area contributed by atoms with E-state index in [-0.39, 0.29) is 18.4 Å². The number of carbonyl (C=O) groups excluding carboxylic acids is 2. The molecule has 1 atom stereocenters. The molecule has 1 aliphatic rings. The third-order valence-corrected chi connectivity index (χ3v) is 5.60. The molecule has 0 unspecified atom stereocenters. The zero-order valence-electron chi connectivity index (χ0n) is 16.5. The van der Waals surface area contributed by atoms with Gasteiger partial charge in [0.05, 0.1) is 6.54 Å². The zero-order chi connectivity index (χ0) is 19.8. The molecule has 0 radical (unpaired) electrons. The van der Waals surface area contributed by atoms with Crippen LogP contribution >= 0.6 is 11.6 Å². The van der Waals surface area contributed by atoms with Crippen molar-refractivity contribution in [3.8, 4) is 0 Å². The highest BCUT2D eigenvalue weighted by Gasteiger charge is 2.26. The summed E-state index contributed by atoms with van der Waals surface area (Å²) >= 11 is 5.92.